The molecular formula is C21H24N4O4S. The maximum atomic E-state index is 12.6. The van der Waals surface area contributed by atoms with Crippen LogP contribution in [0.1, 0.15) is 17.0 Å². The maximum absolute atomic E-state index is 12.6. The quantitative estimate of drug-likeness (QED) is 0.566. The first-order valence-electron chi connectivity index (χ1n) is 9.20. The summed E-state index contributed by atoms with van der Waals surface area (Å²) in [5, 5.41) is 3.26. The number of hydrogen-bond donors (Lipinski definition) is 2. The van der Waals surface area contributed by atoms with Crippen LogP contribution < -0.4 is 19.5 Å². The number of aromatic nitrogens is 2. The molecule has 1 aromatic heterocycles. The summed E-state index contributed by atoms with van der Waals surface area (Å²) < 4.78 is 38.3. The number of methoxy groups -OCH3 is 2. The third-order valence-corrected chi connectivity index (χ3v) is 5.69. The summed E-state index contributed by atoms with van der Waals surface area (Å²) >= 11 is 0. The van der Waals surface area contributed by atoms with Crippen molar-refractivity contribution in [3.05, 3.63) is 65.5 Å². The Kier molecular flexibility index (Phi) is 6.41. The highest BCUT2D eigenvalue weighted by molar-refractivity contribution is 7.92. The van der Waals surface area contributed by atoms with Gasteiger partial charge in [-0.05, 0) is 56.3 Å². The van der Waals surface area contributed by atoms with Crippen molar-refractivity contribution in [1.82, 2.24) is 9.97 Å². The number of hydrogen-bond acceptors (Lipinski definition) is 7. The van der Waals surface area contributed by atoms with Gasteiger partial charge in [-0.25, -0.2) is 23.1 Å². The van der Waals surface area contributed by atoms with Crippen molar-refractivity contribution in [2.45, 2.75) is 25.3 Å². The van der Waals surface area contributed by atoms with Gasteiger partial charge in [0, 0.05) is 35.2 Å². The number of benzene rings is 2. The van der Waals surface area contributed by atoms with Crippen LogP contribution in [0.3, 0.4) is 0 Å². The Hall–Kier alpha value is -3.33. The van der Waals surface area contributed by atoms with E-state index in [1.807, 2.05) is 18.2 Å². The monoisotopic (exact) mass is 428 g/mol. The van der Waals surface area contributed by atoms with Crippen LogP contribution in [0.4, 0.5) is 11.6 Å². The molecule has 0 atom stereocenters. The van der Waals surface area contributed by atoms with E-state index in [0.29, 0.717) is 29.4 Å². The fourth-order valence-corrected chi connectivity index (χ4v) is 3.84. The minimum atomic E-state index is -3.79. The second-order valence-electron chi connectivity index (χ2n) is 6.64. The van der Waals surface area contributed by atoms with E-state index in [4.69, 9.17) is 9.47 Å². The number of nitrogens with zero attached hydrogens (tertiary/aromatic N) is 2. The van der Waals surface area contributed by atoms with Crippen LogP contribution in [0.25, 0.3) is 0 Å². The lowest BCUT2D eigenvalue weighted by molar-refractivity contribution is 0.391. The third-order valence-electron chi connectivity index (χ3n) is 4.35. The molecule has 0 radical (unpaired) electrons. The molecule has 0 spiro atoms. The van der Waals surface area contributed by atoms with Crippen molar-refractivity contribution in [3.63, 3.8) is 0 Å². The van der Waals surface area contributed by atoms with E-state index < -0.39 is 10.0 Å². The zero-order valence-corrected chi connectivity index (χ0v) is 18.1. The summed E-state index contributed by atoms with van der Waals surface area (Å²) in [5.41, 5.74) is 3.10. The van der Waals surface area contributed by atoms with Gasteiger partial charge in [0.15, 0.2) is 0 Å². The van der Waals surface area contributed by atoms with Crippen molar-refractivity contribution >= 4 is 21.7 Å². The summed E-state index contributed by atoms with van der Waals surface area (Å²) in [6, 6.07) is 13.8. The topological polar surface area (TPSA) is 102 Å². The van der Waals surface area contributed by atoms with Crippen LogP contribution >= 0.6 is 0 Å². The zero-order valence-electron chi connectivity index (χ0n) is 17.3. The number of anilines is 2. The van der Waals surface area contributed by atoms with Gasteiger partial charge in [-0.2, -0.15) is 0 Å². The molecule has 3 rings (SSSR count). The fraction of sp³-hybridized carbons (Fsp3) is 0.238. The second kappa shape index (κ2) is 9.00. The molecule has 0 fully saturated rings. The van der Waals surface area contributed by atoms with Crippen molar-refractivity contribution < 1.29 is 17.9 Å². The van der Waals surface area contributed by atoms with Crippen molar-refractivity contribution in [2.24, 2.45) is 0 Å². The van der Waals surface area contributed by atoms with E-state index in [0.717, 1.165) is 11.3 Å². The first-order valence-corrected chi connectivity index (χ1v) is 10.7. The maximum Gasteiger partial charge on any atom is 0.264 e. The predicted octanol–water partition coefficient (Wildman–Crippen LogP) is 3.52. The van der Waals surface area contributed by atoms with Gasteiger partial charge in [-0.15, -0.1) is 0 Å². The lowest BCUT2D eigenvalue weighted by Gasteiger charge is -2.13. The third kappa shape index (κ3) is 5.18. The molecule has 0 unspecified atom stereocenters. The van der Waals surface area contributed by atoms with Crippen molar-refractivity contribution in [2.75, 3.05) is 24.3 Å². The molecule has 0 aliphatic rings. The minimum absolute atomic E-state index is 0.0568. The van der Waals surface area contributed by atoms with Crippen molar-refractivity contribution in [3.8, 4) is 11.5 Å². The Labute approximate surface area is 176 Å². The highest BCUT2D eigenvalue weighted by atomic mass is 32.2. The standard InChI is InChI=1S/C21H24N4O4S/c1-14-11-15(2)24-21(23-14)25-30(26,27)19-9-6-17(7-10-19)22-13-16-5-8-18(28-3)12-20(16)29-4/h5-12,22H,13H2,1-4H3,(H,23,24,25). The molecule has 3 aromatic rings. The van der Waals surface area contributed by atoms with E-state index in [9.17, 15) is 8.42 Å². The summed E-state index contributed by atoms with van der Waals surface area (Å²) in [4.78, 5) is 8.36. The van der Waals surface area contributed by atoms with Gasteiger partial charge >= 0.3 is 0 Å². The average molecular weight is 429 g/mol. The molecular weight excluding hydrogens is 404 g/mol. The van der Waals surface area contributed by atoms with E-state index in [-0.39, 0.29) is 10.8 Å². The Morgan fingerprint density at radius 3 is 2.17 bits per heavy atom. The molecule has 0 saturated heterocycles. The average Bonchev–Trinajstić information content (AvgIpc) is 2.71. The molecule has 0 saturated carbocycles. The van der Waals surface area contributed by atoms with Crippen LogP contribution in [0.5, 0.6) is 11.5 Å². The summed E-state index contributed by atoms with van der Waals surface area (Å²) in [6.45, 7) is 4.07. The van der Waals surface area contributed by atoms with E-state index in [1.165, 1.54) is 12.1 Å². The lowest BCUT2D eigenvalue weighted by Crippen LogP contribution is -2.15. The minimum Gasteiger partial charge on any atom is -0.497 e. The molecule has 158 valence electrons. The molecule has 8 nitrogen and oxygen atoms in total. The zero-order chi connectivity index (χ0) is 21.7. The summed E-state index contributed by atoms with van der Waals surface area (Å²) in [7, 11) is -0.584. The molecule has 1 heterocycles. The first kappa shape index (κ1) is 21.4. The van der Waals surface area contributed by atoms with Gasteiger partial charge < -0.3 is 14.8 Å². The van der Waals surface area contributed by atoms with Gasteiger partial charge in [0.25, 0.3) is 10.0 Å². The molecule has 0 amide bonds. The van der Waals surface area contributed by atoms with Crippen LogP contribution in [0.2, 0.25) is 0 Å². The normalized spacial score (nSPS) is 11.1. The summed E-state index contributed by atoms with van der Waals surface area (Å²) in [5.74, 6) is 1.48. The molecule has 0 aliphatic carbocycles. The first-order chi connectivity index (χ1) is 14.3. The molecule has 30 heavy (non-hydrogen) atoms. The van der Waals surface area contributed by atoms with Gasteiger partial charge in [0.2, 0.25) is 5.95 Å². The Balaban J connectivity index is 1.70. The van der Waals surface area contributed by atoms with E-state index in [1.54, 1.807) is 46.3 Å². The van der Waals surface area contributed by atoms with E-state index >= 15 is 0 Å². The van der Waals surface area contributed by atoms with Gasteiger partial charge in [-0.1, -0.05) is 0 Å². The number of ether oxygens (including phenoxy) is 2. The van der Waals surface area contributed by atoms with Crippen LogP contribution in [0, 0.1) is 13.8 Å². The number of sulfonamides is 1. The molecule has 2 N–H and O–H groups in total. The van der Waals surface area contributed by atoms with Gasteiger partial charge in [0.1, 0.15) is 11.5 Å². The highest BCUT2D eigenvalue weighted by Gasteiger charge is 2.16. The smallest absolute Gasteiger partial charge is 0.264 e. The fourth-order valence-electron chi connectivity index (χ4n) is 2.90. The predicted molar refractivity (Wildman–Crippen MR) is 116 cm³/mol. The van der Waals surface area contributed by atoms with Gasteiger partial charge in [0.05, 0.1) is 19.1 Å². The molecule has 0 aliphatic heterocycles. The van der Waals surface area contributed by atoms with Crippen molar-refractivity contribution in [1.29, 1.82) is 0 Å². The number of nitrogens with one attached hydrogen (secondary N) is 2. The lowest BCUT2D eigenvalue weighted by atomic mass is 10.2. The largest absolute Gasteiger partial charge is 0.497 e. The van der Waals surface area contributed by atoms with Gasteiger partial charge in [-0.3, -0.25) is 0 Å². The van der Waals surface area contributed by atoms with Crippen LogP contribution in [0.15, 0.2) is 53.4 Å². The molecule has 2 aromatic carbocycles. The van der Waals surface area contributed by atoms with E-state index in [2.05, 4.69) is 20.0 Å². The Bertz CT molecular complexity index is 1110. The van der Waals surface area contributed by atoms with Crippen LogP contribution in [-0.4, -0.2) is 32.6 Å². The number of aryl methyl sites for hydroxylation is 2. The highest BCUT2D eigenvalue weighted by Crippen LogP contribution is 2.25. The Morgan fingerprint density at radius 1 is 0.900 bits per heavy atom. The Morgan fingerprint density at radius 2 is 1.57 bits per heavy atom. The summed E-state index contributed by atoms with van der Waals surface area (Å²) in [6.07, 6.45) is 0. The molecule has 0 bridgehead atoms. The van der Waals surface area contributed by atoms with Crippen LogP contribution in [-0.2, 0) is 16.6 Å². The molecule has 9 heteroatoms. The number of rotatable bonds is 8. The SMILES string of the molecule is COc1ccc(CNc2ccc(S(=O)(=O)Nc3nc(C)cc(C)n3)cc2)c(OC)c1. The second-order valence-corrected chi connectivity index (χ2v) is 8.32.